The molecule has 0 bridgehead atoms. The van der Waals surface area contributed by atoms with E-state index in [1.54, 1.807) is 66.8 Å². The smallest absolute Gasteiger partial charge is 0.419 e. The van der Waals surface area contributed by atoms with E-state index in [4.69, 9.17) is 9.47 Å². The minimum Gasteiger partial charge on any atom is -0.443 e. The molecular weight excluding hydrogens is 937 g/mol. The molecule has 53 heavy (non-hydrogen) atoms. The van der Waals surface area contributed by atoms with Crippen LogP contribution in [-0.2, 0) is 16.5 Å². The van der Waals surface area contributed by atoms with Crippen LogP contribution in [0.3, 0.4) is 0 Å². The number of ether oxygens (including phenoxy) is 2. The molecule has 0 amide bonds. The van der Waals surface area contributed by atoms with E-state index in [1.807, 2.05) is 4.93 Å². The van der Waals surface area contributed by atoms with Crippen molar-refractivity contribution in [1.29, 1.82) is 0 Å². The highest BCUT2D eigenvalue weighted by atomic mass is 127. The van der Waals surface area contributed by atoms with Crippen LogP contribution < -0.4 is 11.1 Å². The Bertz CT molecular complexity index is 2460. The lowest BCUT2D eigenvalue weighted by Gasteiger charge is -2.21. The zero-order chi connectivity index (χ0) is 39.6. The van der Waals surface area contributed by atoms with Crippen molar-refractivity contribution in [3.63, 3.8) is 0 Å². The zero-order valence-corrected chi connectivity index (χ0v) is 35.2. The largest absolute Gasteiger partial charge is 0.443 e. The third kappa shape index (κ3) is 9.48. The molecule has 0 aliphatic heterocycles. The van der Waals surface area contributed by atoms with Crippen LogP contribution in [0.4, 0.5) is 18.4 Å². The topological polar surface area (TPSA) is 143 Å². The van der Waals surface area contributed by atoms with Gasteiger partial charge in [-0.25, -0.2) is 37.5 Å². The number of carbonyl (C=O) groups excluding carboxylic acids is 2. The second-order valence-electron chi connectivity index (χ2n) is 13.3. The lowest BCUT2D eigenvalue weighted by molar-refractivity contribution is 0.0534. The van der Waals surface area contributed by atoms with Crippen LogP contribution in [0.15, 0.2) is 79.7 Å². The molecule has 4 aromatic heterocycles. The number of aromatic amines is 1. The van der Waals surface area contributed by atoms with Crippen LogP contribution >= 0.6 is 54.5 Å². The average molecular weight is 972 g/mol. The summed E-state index contributed by atoms with van der Waals surface area (Å²) in [5.74, 6) is -1.19. The maximum absolute atomic E-state index is 14.5. The van der Waals surface area contributed by atoms with Gasteiger partial charge in [0.05, 0.1) is 22.4 Å². The SMILES string of the molecule is CC(C)(C)OC(=O)n1c(-c2nc(Br)c[nH]c2=O)cc2cccc(F)c21.CI.Cn1cc(Br)nc(-c2cc3cccc(F)c3n2C(=O)OC(C)(C)C)c1=O. The standard InChI is InChI=1S/C18H17BrFN3O3.C17H15BrFN3O3.CH3I/c1-18(2,3)26-17(25)23-12(8-10-6-5-7-11(20)15(10)23)14-16(24)22(4)9-13(19)21-14;1-17(2,3)25-16(24)22-11(13-15(23)20-8-12(18)21-13)7-9-5-4-6-10(19)14(9)22;1-2/h5-9H,1-4H3;4-8H,1-3H3,(H,20,23);1H3. The normalized spacial score (nSPS) is 11.4. The highest BCUT2D eigenvalue weighted by Gasteiger charge is 2.28. The number of aryl methyl sites for hydroxylation is 1. The van der Waals surface area contributed by atoms with Crippen molar-refractivity contribution < 1.29 is 27.8 Å². The molecule has 0 saturated heterocycles. The Morgan fingerprint density at radius 2 is 1.19 bits per heavy atom. The van der Waals surface area contributed by atoms with Crippen molar-refractivity contribution in [2.45, 2.75) is 52.7 Å². The van der Waals surface area contributed by atoms with Gasteiger partial charge in [-0.3, -0.25) is 9.59 Å². The molecule has 0 unspecified atom stereocenters. The fraction of sp³-hybridized carbons (Fsp3) is 0.278. The van der Waals surface area contributed by atoms with Gasteiger partial charge < -0.3 is 19.0 Å². The highest BCUT2D eigenvalue weighted by Crippen LogP contribution is 2.31. The van der Waals surface area contributed by atoms with Crippen LogP contribution in [0.2, 0.25) is 0 Å². The van der Waals surface area contributed by atoms with Crippen molar-refractivity contribution in [3.05, 3.63) is 102 Å². The van der Waals surface area contributed by atoms with Crippen molar-refractivity contribution in [2.75, 3.05) is 4.93 Å². The minimum atomic E-state index is -0.788. The molecule has 0 saturated carbocycles. The van der Waals surface area contributed by atoms with Gasteiger partial charge in [-0.15, -0.1) is 0 Å². The molecule has 2 aromatic carbocycles. The van der Waals surface area contributed by atoms with E-state index in [2.05, 4.69) is 69.4 Å². The van der Waals surface area contributed by atoms with Gasteiger partial charge in [-0.05, 0) is 103 Å². The van der Waals surface area contributed by atoms with Gasteiger partial charge in [0.25, 0.3) is 11.1 Å². The summed E-state index contributed by atoms with van der Waals surface area (Å²) < 4.78 is 43.9. The summed E-state index contributed by atoms with van der Waals surface area (Å²) in [4.78, 5) is 63.1. The van der Waals surface area contributed by atoms with Gasteiger partial charge in [0, 0.05) is 30.2 Å². The summed E-state index contributed by atoms with van der Waals surface area (Å²) in [6, 6.07) is 11.9. The van der Waals surface area contributed by atoms with E-state index < -0.39 is 46.1 Å². The van der Waals surface area contributed by atoms with Crippen LogP contribution in [0.25, 0.3) is 44.6 Å². The first-order valence-corrected chi connectivity index (χ1v) is 19.4. The quantitative estimate of drug-likeness (QED) is 0.134. The van der Waals surface area contributed by atoms with Crippen LogP contribution in [0.1, 0.15) is 41.5 Å². The minimum absolute atomic E-state index is 0.0170. The molecule has 6 aromatic rings. The van der Waals surface area contributed by atoms with E-state index >= 15 is 0 Å². The second kappa shape index (κ2) is 16.4. The fourth-order valence-corrected chi connectivity index (χ4v) is 5.85. The third-order valence-corrected chi connectivity index (χ3v) is 7.77. The number of aromatic nitrogens is 6. The van der Waals surface area contributed by atoms with Gasteiger partial charge >= 0.3 is 12.2 Å². The molecule has 0 spiro atoms. The number of H-pyrrole nitrogens is 1. The number of benzene rings is 2. The lowest BCUT2D eigenvalue weighted by atomic mass is 10.2. The van der Waals surface area contributed by atoms with Crippen molar-refractivity contribution in [3.8, 4) is 22.8 Å². The molecule has 0 aliphatic carbocycles. The van der Waals surface area contributed by atoms with Crippen molar-refractivity contribution >= 4 is 88.4 Å². The summed E-state index contributed by atoms with van der Waals surface area (Å²) >= 11 is 8.57. The summed E-state index contributed by atoms with van der Waals surface area (Å²) in [7, 11) is 1.57. The summed E-state index contributed by atoms with van der Waals surface area (Å²) in [6.07, 6.45) is 1.32. The Morgan fingerprint density at radius 3 is 1.64 bits per heavy atom. The molecule has 12 nitrogen and oxygen atoms in total. The number of hydrogen-bond donors (Lipinski definition) is 1. The van der Waals surface area contributed by atoms with Gasteiger partial charge in [0.1, 0.15) is 32.0 Å². The molecule has 0 radical (unpaired) electrons. The molecular formula is C36H35Br2F2IN6O6. The van der Waals surface area contributed by atoms with Crippen LogP contribution in [-0.4, -0.2) is 57.0 Å². The van der Waals surface area contributed by atoms with Crippen LogP contribution in [0.5, 0.6) is 0 Å². The Labute approximate surface area is 332 Å². The van der Waals surface area contributed by atoms with Crippen molar-refractivity contribution in [2.24, 2.45) is 7.05 Å². The fourth-order valence-electron chi connectivity index (χ4n) is 5.07. The number of fused-ring (bicyclic) bond motifs is 2. The monoisotopic (exact) mass is 970 g/mol. The van der Waals surface area contributed by atoms with Gasteiger partial charge in [-0.1, -0.05) is 46.9 Å². The van der Waals surface area contributed by atoms with Crippen LogP contribution in [0, 0.1) is 11.6 Å². The van der Waals surface area contributed by atoms with Gasteiger partial charge in [-0.2, -0.15) is 0 Å². The number of halogens is 5. The molecule has 6 rings (SSSR count). The number of carbonyl (C=O) groups is 2. The first-order valence-electron chi connectivity index (χ1n) is 15.7. The molecule has 0 aliphatic rings. The van der Waals surface area contributed by atoms with Gasteiger partial charge in [0.2, 0.25) is 0 Å². The second-order valence-corrected chi connectivity index (χ2v) is 14.9. The van der Waals surface area contributed by atoms with E-state index in [-0.39, 0.29) is 33.8 Å². The van der Waals surface area contributed by atoms with E-state index in [1.165, 1.54) is 47.3 Å². The molecule has 0 fully saturated rings. The lowest BCUT2D eigenvalue weighted by Crippen LogP contribution is -2.29. The number of para-hydroxylation sites is 2. The number of nitrogens with zero attached hydrogens (tertiary/aromatic N) is 5. The molecule has 17 heteroatoms. The van der Waals surface area contributed by atoms with E-state index in [9.17, 15) is 28.0 Å². The summed E-state index contributed by atoms with van der Waals surface area (Å²) in [5, 5.41) is 0.928. The van der Waals surface area contributed by atoms with Gasteiger partial charge in [0.15, 0.2) is 11.4 Å². The number of hydrogen-bond acceptors (Lipinski definition) is 8. The number of rotatable bonds is 2. The van der Waals surface area contributed by atoms with E-state index in [0.717, 1.165) is 9.13 Å². The maximum atomic E-state index is 14.5. The maximum Gasteiger partial charge on any atom is 0.419 e. The predicted molar refractivity (Wildman–Crippen MR) is 215 cm³/mol. The average Bonchev–Trinajstić information content (AvgIpc) is 3.65. The molecule has 0 atom stereocenters. The zero-order valence-electron chi connectivity index (χ0n) is 29.8. The highest BCUT2D eigenvalue weighted by molar-refractivity contribution is 14.1. The Balaban J connectivity index is 0.000000226. The summed E-state index contributed by atoms with van der Waals surface area (Å²) in [6.45, 7) is 10.2. The molecule has 4 heterocycles. The van der Waals surface area contributed by atoms with E-state index in [0.29, 0.717) is 20.0 Å². The Kier molecular flexibility index (Phi) is 12.9. The molecule has 280 valence electrons. The first-order chi connectivity index (χ1) is 24.8. The molecule has 1 N–H and O–H groups in total. The number of nitrogens with one attached hydrogen (secondary N) is 1. The van der Waals surface area contributed by atoms with Crippen molar-refractivity contribution in [1.82, 2.24) is 28.7 Å². The summed E-state index contributed by atoms with van der Waals surface area (Å²) in [5.41, 5.74) is -2.10. The Hall–Kier alpha value is -4.23. The first kappa shape index (κ1) is 41.5. The Morgan fingerprint density at radius 1 is 0.755 bits per heavy atom. The number of alkyl halides is 1. The predicted octanol–water partition coefficient (Wildman–Crippen LogP) is 9.21. The third-order valence-electron chi connectivity index (χ3n) is 6.98.